The normalized spacial score (nSPS) is 18.2. The highest BCUT2D eigenvalue weighted by molar-refractivity contribution is 5.99. The summed E-state index contributed by atoms with van der Waals surface area (Å²) in [7, 11) is 0. The molecule has 0 aliphatic carbocycles. The smallest absolute Gasteiger partial charge is 0.259 e. The maximum Gasteiger partial charge on any atom is 0.259 e. The average Bonchev–Trinajstić information content (AvgIpc) is 3.08. The SMILES string of the molecule is CC[C@H]1CN(C(=O)c2cnn3cc(CN(CC)CC)cnc23)CCN1. The van der Waals surface area contributed by atoms with E-state index < -0.39 is 0 Å². The van der Waals surface area contributed by atoms with E-state index in [0.717, 1.165) is 51.3 Å². The molecule has 3 rings (SSSR count). The van der Waals surface area contributed by atoms with Gasteiger partial charge in [0.2, 0.25) is 0 Å². The Bertz CT molecular complexity index is 723. The number of carbonyl (C=O) groups excluding carboxylic acids is 1. The van der Waals surface area contributed by atoms with Crippen LogP contribution in [-0.4, -0.2) is 69.1 Å². The first-order valence-corrected chi connectivity index (χ1v) is 9.23. The summed E-state index contributed by atoms with van der Waals surface area (Å²) in [6, 6.07) is 0.369. The maximum absolute atomic E-state index is 12.9. The van der Waals surface area contributed by atoms with Crippen molar-refractivity contribution in [3.8, 4) is 0 Å². The molecular formula is C18H28N6O. The third-order valence-corrected chi connectivity index (χ3v) is 4.98. The minimum absolute atomic E-state index is 0.0268. The summed E-state index contributed by atoms with van der Waals surface area (Å²) in [6.45, 7) is 11.6. The third-order valence-electron chi connectivity index (χ3n) is 4.98. The molecule has 1 N–H and O–H groups in total. The molecule has 3 heterocycles. The van der Waals surface area contributed by atoms with E-state index in [1.807, 2.05) is 17.3 Å². The summed E-state index contributed by atoms with van der Waals surface area (Å²) in [4.78, 5) is 21.7. The summed E-state index contributed by atoms with van der Waals surface area (Å²) < 4.78 is 1.73. The fourth-order valence-corrected chi connectivity index (χ4v) is 3.31. The number of rotatable bonds is 6. The highest BCUT2D eigenvalue weighted by Crippen LogP contribution is 2.14. The van der Waals surface area contributed by atoms with Crippen molar-refractivity contribution >= 4 is 11.6 Å². The van der Waals surface area contributed by atoms with Gasteiger partial charge in [0.1, 0.15) is 5.56 Å². The summed E-state index contributed by atoms with van der Waals surface area (Å²) in [5.74, 6) is 0.0268. The lowest BCUT2D eigenvalue weighted by Gasteiger charge is -2.33. The van der Waals surface area contributed by atoms with Crippen LogP contribution in [0.25, 0.3) is 5.65 Å². The minimum Gasteiger partial charge on any atom is -0.336 e. The fraction of sp³-hybridized carbons (Fsp3) is 0.611. The van der Waals surface area contributed by atoms with E-state index in [0.29, 0.717) is 17.3 Å². The van der Waals surface area contributed by atoms with E-state index in [-0.39, 0.29) is 5.91 Å². The highest BCUT2D eigenvalue weighted by Gasteiger charge is 2.25. The van der Waals surface area contributed by atoms with Gasteiger partial charge in [0.25, 0.3) is 5.91 Å². The number of nitrogens with zero attached hydrogens (tertiary/aromatic N) is 5. The first kappa shape index (κ1) is 17.8. The van der Waals surface area contributed by atoms with Crippen molar-refractivity contribution in [3.63, 3.8) is 0 Å². The summed E-state index contributed by atoms with van der Waals surface area (Å²) in [5.41, 5.74) is 2.33. The van der Waals surface area contributed by atoms with E-state index in [4.69, 9.17) is 0 Å². The molecule has 2 aromatic rings. The molecule has 25 heavy (non-hydrogen) atoms. The van der Waals surface area contributed by atoms with Crippen LogP contribution in [0.1, 0.15) is 43.1 Å². The Morgan fingerprint density at radius 1 is 1.32 bits per heavy atom. The van der Waals surface area contributed by atoms with Crippen molar-refractivity contribution in [2.75, 3.05) is 32.7 Å². The molecular weight excluding hydrogens is 316 g/mol. The summed E-state index contributed by atoms with van der Waals surface area (Å²) in [6.07, 6.45) is 6.50. The topological polar surface area (TPSA) is 65.8 Å². The number of nitrogens with one attached hydrogen (secondary N) is 1. The van der Waals surface area contributed by atoms with Crippen LogP contribution in [0.2, 0.25) is 0 Å². The zero-order valence-electron chi connectivity index (χ0n) is 15.4. The van der Waals surface area contributed by atoms with Crippen molar-refractivity contribution < 1.29 is 4.79 Å². The fourth-order valence-electron chi connectivity index (χ4n) is 3.31. The number of fused-ring (bicyclic) bond motifs is 1. The van der Waals surface area contributed by atoms with Crippen LogP contribution in [0.4, 0.5) is 0 Å². The molecule has 1 saturated heterocycles. The third kappa shape index (κ3) is 3.82. The number of hydrogen-bond acceptors (Lipinski definition) is 5. The number of piperazine rings is 1. The second kappa shape index (κ2) is 7.93. The predicted molar refractivity (Wildman–Crippen MR) is 97.6 cm³/mol. The molecule has 0 aromatic carbocycles. The van der Waals surface area contributed by atoms with Crippen LogP contribution in [0.15, 0.2) is 18.6 Å². The van der Waals surface area contributed by atoms with Gasteiger partial charge >= 0.3 is 0 Å². The molecule has 2 aromatic heterocycles. The highest BCUT2D eigenvalue weighted by atomic mass is 16.2. The molecule has 7 nitrogen and oxygen atoms in total. The molecule has 1 atom stereocenters. The molecule has 1 fully saturated rings. The van der Waals surface area contributed by atoms with E-state index >= 15 is 0 Å². The number of carbonyl (C=O) groups is 1. The van der Waals surface area contributed by atoms with Gasteiger partial charge in [-0.05, 0) is 19.5 Å². The van der Waals surface area contributed by atoms with Crippen molar-refractivity contribution in [3.05, 3.63) is 29.7 Å². The zero-order valence-corrected chi connectivity index (χ0v) is 15.4. The largest absolute Gasteiger partial charge is 0.336 e. The van der Waals surface area contributed by atoms with Crippen molar-refractivity contribution in [1.82, 2.24) is 29.7 Å². The first-order chi connectivity index (χ1) is 12.2. The number of aromatic nitrogens is 3. The van der Waals surface area contributed by atoms with E-state index in [9.17, 15) is 4.79 Å². The van der Waals surface area contributed by atoms with Gasteiger partial charge in [0.05, 0.1) is 6.20 Å². The number of amides is 1. The quantitative estimate of drug-likeness (QED) is 0.858. The lowest BCUT2D eigenvalue weighted by molar-refractivity contribution is 0.0703. The lowest BCUT2D eigenvalue weighted by Crippen LogP contribution is -2.52. The Morgan fingerprint density at radius 2 is 2.12 bits per heavy atom. The van der Waals surface area contributed by atoms with Gasteiger partial charge in [0, 0.05) is 50.2 Å². The van der Waals surface area contributed by atoms with Crippen LogP contribution < -0.4 is 5.32 Å². The Kier molecular flexibility index (Phi) is 5.65. The van der Waals surface area contributed by atoms with Crippen molar-refractivity contribution in [2.45, 2.75) is 39.8 Å². The van der Waals surface area contributed by atoms with Crippen LogP contribution >= 0.6 is 0 Å². The van der Waals surface area contributed by atoms with Gasteiger partial charge in [-0.15, -0.1) is 0 Å². The Morgan fingerprint density at radius 3 is 2.84 bits per heavy atom. The van der Waals surface area contributed by atoms with Gasteiger partial charge in [0.15, 0.2) is 5.65 Å². The van der Waals surface area contributed by atoms with Crippen LogP contribution in [-0.2, 0) is 6.54 Å². The average molecular weight is 344 g/mol. The van der Waals surface area contributed by atoms with E-state index in [1.165, 1.54) is 0 Å². The second-order valence-corrected chi connectivity index (χ2v) is 6.56. The van der Waals surface area contributed by atoms with Crippen LogP contribution in [0.3, 0.4) is 0 Å². The van der Waals surface area contributed by atoms with Gasteiger partial charge in [-0.2, -0.15) is 5.10 Å². The minimum atomic E-state index is 0.0268. The zero-order chi connectivity index (χ0) is 17.8. The lowest BCUT2D eigenvalue weighted by atomic mass is 10.1. The van der Waals surface area contributed by atoms with Gasteiger partial charge in [-0.1, -0.05) is 20.8 Å². The monoisotopic (exact) mass is 344 g/mol. The molecule has 0 unspecified atom stereocenters. The summed E-state index contributed by atoms with van der Waals surface area (Å²) in [5, 5.41) is 7.80. The second-order valence-electron chi connectivity index (χ2n) is 6.56. The predicted octanol–water partition coefficient (Wildman–Crippen LogP) is 1.40. The molecule has 0 saturated carbocycles. The maximum atomic E-state index is 12.9. The molecule has 0 bridgehead atoms. The number of hydrogen-bond donors (Lipinski definition) is 1. The molecule has 1 aliphatic heterocycles. The van der Waals surface area contributed by atoms with Crippen LogP contribution in [0, 0.1) is 0 Å². The standard InChI is InChI=1S/C18H28N6O/c1-4-15-13-23(8-7-19-15)18(25)16-10-21-24-12-14(9-20-17(16)24)11-22(5-2)6-3/h9-10,12,15,19H,4-8,11,13H2,1-3H3/t15-/m0/s1. The van der Waals surface area contributed by atoms with Crippen molar-refractivity contribution in [1.29, 1.82) is 0 Å². The Labute approximate surface area is 149 Å². The van der Waals surface area contributed by atoms with E-state index in [2.05, 4.69) is 41.1 Å². The van der Waals surface area contributed by atoms with Gasteiger partial charge in [-0.25, -0.2) is 9.50 Å². The van der Waals surface area contributed by atoms with Gasteiger partial charge in [-0.3, -0.25) is 9.69 Å². The van der Waals surface area contributed by atoms with E-state index in [1.54, 1.807) is 10.7 Å². The molecule has 1 amide bonds. The molecule has 7 heteroatoms. The molecule has 136 valence electrons. The Balaban J connectivity index is 1.79. The Hall–Kier alpha value is -1.99. The first-order valence-electron chi connectivity index (χ1n) is 9.23. The van der Waals surface area contributed by atoms with Gasteiger partial charge < -0.3 is 10.2 Å². The van der Waals surface area contributed by atoms with Crippen molar-refractivity contribution in [2.24, 2.45) is 0 Å². The molecule has 0 radical (unpaired) electrons. The molecule has 0 spiro atoms. The molecule has 1 aliphatic rings. The van der Waals surface area contributed by atoms with Crippen LogP contribution in [0.5, 0.6) is 0 Å². The summed E-state index contributed by atoms with van der Waals surface area (Å²) >= 11 is 0.